The quantitative estimate of drug-likeness (QED) is 0.249. The minimum Gasteiger partial charge on any atom is -0.392 e. The van der Waals surface area contributed by atoms with Crippen LogP contribution in [-0.4, -0.2) is 69.4 Å². The number of oxime groups is 1. The first kappa shape index (κ1) is 25.9. The molecule has 10 nitrogen and oxygen atoms in total. The van der Waals surface area contributed by atoms with Crippen LogP contribution in [0.1, 0.15) is 23.8 Å². The van der Waals surface area contributed by atoms with Crippen LogP contribution in [0.2, 0.25) is 0 Å². The maximum Gasteiger partial charge on any atom is 0.280 e. The Morgan fingerprint density at radius 2 is 1.97 bits per heavy atom. The lowest BCUT2D eigenvalue weighted by molar-refractivity contribution is -0.110. The van der Waals surface area contributed by atoms with E-state index < -0.39 is 21.8 Å². The van der Waals surface area contributed by atoms with Gasteiger partial charge >= 0.3 is 0 Å². The lowest BCUT2D eigenvalue weighted by atomic mass is 10.1. The molecule has 2 N–H and O–H groups in total. The van der Waals surface area contributed by atoms with Crippen molar-refractivity contribution >= 4 is 37.9 Å². The molecule has 0 spiro atoms. The number of aliphatic hydroxyl groups is 1. The van der Waals surface area contributed by atoms with E-state index in [1.807, 2.05) is 0 Å². The fraction of sp³-hybridized carbons (Fsp3) is 0.450. The first-order valence-corrected chi connectivity index (χ1v) is 12.2. The maximum atomic E-state index is 12.9. The molecule has 32 heavy (non-hydrogen) atoms. The Labute approximate surface area is 191 Å². The van der Waals surface area contributed by atoms with Gasteiger partial charge in [0, 0.05) is 32.6 Å². The summed E-state index contributed by atoms with van der Waals surface area (Å²) in [4.78, 5) is 23.1. The Balaban J connectivity index is 2.24. The van der Waals surface area contributed by atoms with Crippen molar-refractivity contribution in [3.8, 4) is 0 Å². The lowest BCUT2D eigenvalue weighted by Gasteiger charge is -2.10. The Hall–Kier alpha value is -2.38. The van der Waals surface area contributed by atoms with Crippen LogP contribution in [-0.2, 0) is 35.5 Å². The number of thiazole rings is 1. The number of benzene rings is 1. The predicted molar refractivity (Wildman–Crippen MR) is 121 cm³/mol. The number of aromatic nitrogens is 1. The van der Waals surface area contributed by atoms with Gasteiger partial charge in [0.2, 0.25) is 0 Å². The smallest absolute Gasteiger partial charge is 0.280 e. The van der Waals surface area contributed by atoms with Gasteiger partial charge in [0.1, 0.15) is 6.10 Å². The van der Waals surface area contributed by atoms with E-state index in [0.717, 1.165) is 4.88 Å². The molecular formula is C20H27N3O7S2. The Morgan fingerprint density at radius 3 is 2.59 bits per heavy atom. The molecule has 2 rings (SSSR count). The molecule has 1 aromatic heterocycles. The zero-order valence-electron chi connectivity index (χ0n) is 18.1. The molecule has 0 radical (unpaired) electrons. The summed E-state index contributed by atoms with van der Waals surface area (Å²) in [5, 5.41) is 16.1. The van der Waals surface area contributed by atoms with Crippen LogP contribution >= 0.6 is 11.3 Å². The van der Waals surface area contributed by atoms with E-state index in [1.165, 1.54) is 42.7 Å². The molecule has 0 bridgehead atoms. The van der Waals surface area contributed by atoms with Crippen LogP contribution in [0.25, 0.3) is 0 Å². The molecule has 0 saturated carbocycles. The molecule has 1 amide bonds. The Kier molecular flexibility index (Phi) is 10.2. The van der Waals surface area contributed by atoms with Crippen molar-refractivity contribution in [1.29, 1.82) is 0 Å². The van der Waals surface area contributed by atoms with Gasteiger partial charge in [-0.25, -0.2) is 13.4 Å². The normalized spacial score (nSPS) is 13.1. The van der Waals surface area contributed by atoms with Gasteiger partial charge in [-0.3, -0.25) is 10.1 Å². The summed E-state index contributed by atoms with van der Waals surface area (Å²) in [5.74, 6) is -0.642. The number of aliphatic hydroxyl groups excluding tert-OH is 1. The summed E-state index contributed by atoms with van der Waals surface area (Å²) in [5.41, 5.74) is 0.259. The van der Waals surface area contributed by atoms with Gasteiger partial charge < -0.3 is 19.4 Å². The van der Waals surface area contributed by atoms with E-state index in [2.05, 4.69) is 15.5 Å². The standard InChI is InChI=1S/C20H27N3O7S2/c1-14(12-24)30-23-18(19(25)22-20-21-11-16(31-20)13-29-3)15-5-7-17(8-6-15)32(26,27)10-4-9-28-2/h5-8,11,14,24H,4,9-10,12-13H2,1-3H3,(H,21,22,25)/t14-/m1/s1. The second-order valence-electron chi connectivity index (χ2n) is 6.75. The summed E-state index contributed by atoms with van der Waals surface area (Å²) in [6.07, 6.45) is 1.33. The number of hydrogen-bond acceptors (Lipinski definition) is 10. The highest BCUT2D eigenvalue weighted by atomic mass is 32.2. The van der Waals surface area contributed by atoms with Crippen LogP contribution in [0.5, 0.6) is 0 Å². The fourth-order valence-electron chi connectivity index (χ4n) is 2.46. The number of carbonyl (C=O) groups is 1. The molecule has 0 aliphatic heterocycles. The van der Waals surface area contributed by atoms with E-state index in [0.29, 0.717) is 30.3 Å². The Morgan fingerprint density at radius 1 is 1.25 bits per heavy atom. The van der Waals surface area contributed by atoms with Crippen molar-refractivity contribution in [1.82, 2.24) is 4.98 Å². The average molecular weight is 486 g/mol. The summed E-state index contributed by atoms with van der Waals surface area (Å²) >= 11 is 1.25. The van der Waals surface area contributed by atoms with Crippen LogP contribution in [0, 0.1) is 0 Å². The van der Waals surface area contributed by atoms with E-state index in [1.54, 1.807) is 20.2 Å². The van der Waals surface area contributed by atoms with E-state index >= 15 is 0 Å². The van der Waals surface area contributed by atoms with Crippen molar-refractivity contribution in [3.05, 3.63) is 40.9 Å². The number of hydrogen-bond donors (Lipinski definition) is 2. The van der Waals surface area contributed by atoms with Gasteiger partial charge in [-0.15, -0.1) is 0 Å². The minimum absolute atomic E-state index is 0.0490. The summed E-state index contributed by atoms with van der Waals surface area (Å²) in [7, 11) is -0.411. The molecule has 1 heterocycles. The highest BCUT2D eigenvalue weighted by Crippen LogP contribution is 2.20. The predicted octanol–water partition coefficient (Wildman–Crippen LogP) is 1.84. The number of nitrogens with one attached hydrogen (secondary N) is 1. The van der Waals surface area contributed by atoms with Crippen LogP contribution < -0.4 is 5.32 Å². The van der Waals surface area contributed by atoms with Crippen LogP contribution in [0.15, 0.2) is 40.5 Å². The lowest BCUT2D eigenvalue weighted by Crippen LogP contribution is -2.25. The van der Waals surface area contributed by atoms with Gasteiger partial charge in [0.15, 0.2) is 20.7 Å². The van der Waals surface area contributed by atoms with E-state index in [9.17, 15) is 13.2 Å². The van der Waals surface area contributed by atoms with Crippen LogP contribution in [0.3, 0.4) is 0 Å². The van der Waals surface area contributed by atoms with Gasteiger partial charge in [0.05, 0.1) is 28.7 Å². The van der Waals surface area contributed by atoms with Crippen LogP contribution in [0.4, 0.5) is 5.13 Å². The molecule has 1 atom stereocenters. The van der Waals surface area contributed by atoms with E-state index in [-0.39, 0.29) is 23.0 Å². The van der Waals surface area contributed by atoms with Gasteiger partial charge in [0.25, 0.3) is 5.91 Å². The third-order valence-electron chi connectivity index (χ3n) is 4.11. The maximum absolute atomic E-state index is 12.9. The number of sulfone groups is 1. The summed E-state index contributed by atoms with van der Waals surface area (Å²) in [6.45, 7) is 2.01. The number of ether oxygens (including phenoxy) is 2. The minimum atomic E-state index is -3.48. The number of amides is 1. The third kappa shape index (κ3) is 7.64. The highest BCUT2D eigenvalue weighted by molar-refractivity contribution is 7.91. The SMILES string of the molecule is COCCCS(=O)(=O)c1ccc(C(=NO[C@H](C)CO)C(=O)Nc2ncc(COC)s2)cc1. The first-order chi connectivity index (χ1) is 15.3. The van der Waals surface area contributed by atoms with E-state index in [4.69, 9.17) is 19.4 Å². The van der Waals surface area contributed by atoms with Crippen molar-refractivity contribution in [2.24, 2.45) is 5.16 Å². The fourth-order valence-corrected chi connectivity index (χ4v) is 4.53. The number of methoxy groups -OCH3 is 2. The highest BCUT2D eigenvalue weighted by Gasteiger charge is 2.20. The van der Waals surface area contributed by atoms with Crippen molar-refractivity contribution in [2.45, 2.75) is 31.0 Å². The number of anilines is 1. The van der Waals surface area contributed by atoms with Crippen molar-refractivity contribution < 1.29 is 32.6 Å². The monoisotopic (exact) mass is 485 g/mol. The Bertz CT molecular complexity index is 1000. The molecule has 1 aromatic carbocycles. The molecule has 0 aliphatic carbocycles. The second-order valence-corrected chi connectivity index (χ2v) is 9.97. The first-order valence-electron chi connectivity index (χ1n) is 9.72. The molecule has 0 saturated heterocycles. The zero-order valence-corrected chi connectivity index (χ0v) is 19.7. The summed E-state index contributed by atoms with van der Waals surface area (Å²) < 4.78 is 34.8. The topological polar surface area (TPSA) is 136 Å². The average Bonchev–Trinajstić information content (AvgIpc) is 3.21. The van der Waals surface area contributed by atoms with Crippen molar-refractivity contribution in [2.75, 3.05) is 38.5 Å². The zero-order chi connectivity index (χ0) is 23.6. The molecule has 0 fully saturated rings. The molecule has 2 aromatic rings. The largest absolute Gasteiger partial charge is 0.392 e. The molecule has 176 valence electrons. The molecule has 12 heteroatoms. The van der Waals surface area contributed by atoms with Crippen molar-refractivity contribution in [3.63, 3.8) is 0 Å². The van der Waals surface area contributed by atoms with Gasteiger partial charge in [-0.05, 0) is 25.5 Å². The summed E-state index contributed by atoms with van der Waals surface area (Å²) in [6, 6.07) is 5.78. The third-order valence-corrected chi connectivity index (χ3v) is 6.81. The van der Waals surface area contributed by atoms with Gasteiger partial charge in [-0.2, -0.15) is 0 Å². The second kappa shape index (κ2) is 12.6. The number of rotatable bonds is 13. The molecule has 0 unspecified atom stereocenters. The molecule has 0 aliphatic rings. The molecular weight excluding hydrogens is 458 g/mol. The number of nitrogens with zero attached hydrogens (tertiary/aromatic N) is 2. The number of carbonyl (C=O) groups excluding carboxylic acids is 1. The van der Waals surface area contributed by atoms with Gasteiger partial charge in [-0.1, -0.05) is 28.6 Å².